The molecular weight excluding hydrogens is 238 g/mol. The normalized spacial score (nSPS) is 12.8. The van der Waals surface area contributed by atoms with Crippen molar-refractivity contribution >= 4 is 17.6 Å². The summed E-state index contributed by atoms with van der Waals surface area (Å²) in [6, 6.07) is 1.67. The summed E-state index contributed by atoms with van der Waals surface area (Å²) >= 11 is 1.81. The van der Waals surface area contributed by atoms with Crippen LogP contribution in [0.3, 0.4) is 0 Å². The number of H-pyrrole nitrogens is 1. The largest absolute Gasteiger partial charge is 0.382 e. The number of aromatic amines is 1. The summed E-state index contributed by atoms with van der Waals surface area (Å²) in [5.74, 6) is 2.28. The first-order valence-electron chi connectivity index (χ1n) is 5.44. The summed E-state index contributed by atoms with van der Waals surface area (Å²) < 4.78 is 5.13. The average Bonchev–Trinajstić information content (AvgIpc) is 2.94. The second-order valence-corrected chi connectivity index (χ2v) is 5.18. The monoisotopic (exact) mass is 253 g/mol. The Kier molecular flexibility index (Phi) is 3.68. The predicted octanol–water partition coefficient (Wildman–Crippen LogP) is 2.07. The molecule has 0 aromatic carbocycles. The zero-order valence-electron chi connectivity index (χ0n) is 9.80. The van der Waals surface area contributed by atoms with Gasteiger partial charge in [0.1, 0.15) is 11.5 Å². The smallest absolute Gasteiger partial charge is 0.276 e. The maximum absolute atomic E-state index is 5.50. The van der Waals surface area contributed by atoms with Gasteiger partial charge in [-0.25, -0.2) is 0 Å². The average molecular weight is 253 g/mol. The number of nitrogens with zero attached hydrogens (tertiary/aromatic N) is 3. The molecule has 0 amide bonds. The SMILES string of the molecule is CCC(C)SCc1noc(-c2cc(N)n[nH]2)n1. The third-order valence-corrected chi connectivity index (χ3v) is 3.70. The van der Waals surface area contributed by atoms with Gasteiger partial charge in [-0.15, -0.1) is 0 Å². The van der Waals surface area contributed by atoms with Crippen molar-refractivity contribution in [2.24, 2.45) is 0 Å². The lowest BCUT2D eigenvalue weighted by molar-refractivity contribution is 0.424. The number of hydrogen-bond donors (Lipinski definition) is 2. The molecule has 1 unspecified atom stereocenters. The van der Waals surface area contributed by atoms with E-state index in [1.54, 1.807) is 6.07 Å². The van der Waals surface area contributed by atoms with Crippen LogP contribution in [0.5, 0.6) is 0 Å². The molecule has 2 rings (SSSR count). The number of anilines is 1. The van der Waals surface area contributed by atoms with Gasteiger partial charge in [0, 0.05) is 11.3 Å². The van der Waals surface area contributed by atoms with Crippen molar-refractivity contribution < 1.29 is 4.52 Å². The van der Waals surface area contributed by atoms with Crippen LogP contribution < -0.4 is 5.73 Å². The van der Waals surface area contributed by atoms with E-state index in [4.69, 9.17) is 10.3 Å². The van der Waals surface area contributed by atoms with E-state index < -0.39 is 0 Å². The highest BCUT2D eigenvalue weighted by atomic mass is 32.2. The lowest BCUT2D eigenvalue weighted by atomic mass is 10.4. The first-order chi connectivity index (χ1) is 8.19. The standard InChI is InChI=1S/C10H15N5OS/c1-3-6(2)17-5-9-12-10(16-15-9)7-4-8(11)14-13-7/h4,6H,3,5H2,1-2H3,(H3,11,13,14). The Hall–Kier alpha value is -1.50. The molecule has 0 spiro atoms. The van der Waals surface area contributed by atoms with Crippen LogP contribution in [0.25, 0.3) is 11.6 Å². The molecule has 2 aromatic heterocycles. The molecule has 2 heterocycles. The maximum atomic E-state index is 5.50. The third-order valence-electron chi connectivity index (χ3n) is 2.37. The van der Waals surface area contributed by atoms with Gasteiger partial charge in [-0.05, 0) is 6.42 Å². The Balaban J connectivity index is 2.01. The Morgan fingerprint density at radius 1 is 1.59 bits per heavy atom. The van der Waals surface area contributed by atoms with Crippen LogP contribution in [0.4, 0.5) is 5.82 Å². The quantitative estimate of drug-likeness (QED) is 0.847. The topological polar surface area (TPSA) is 93.6 Å². The van der Waals surface area contributed by atoms with E-state index in [0.717, 1.165) is 12.2 Å². The first kappa shape index (κ1) is 12.0. The van der Waals surface area contributed by atoms with E-state index in [2.05, 4.69) is 34.2 Å². The highest BCUT2D eigenvalue weighted by Crippen LogP contribution is 2.21. The van der Waals surface area contributed by atoms with E-state index in [1.807, 2.05) is 11.8 Å². The van der Waals surface area contributed by atoms with Crippen LogP contribution >= 0.6 is 11.8 Å². The minimum Gasteiger partial charge on any atom is -0.382 e. The molecule has 92 valence electrons. The van der Waals surface area contributed by atoms with Crippen molar-refractivity contribution in [1.29, 1.82) is 0 Å². The summed E-state index contributed by atoms with van der Waals surface area (Å²) in [6.07, 6.45) is 1.13. The van der Waals surface area contributed by atoms with Gasteiger partial charge in [-0.1, -0.05) is 19.0 Å². The van der Waals surface area contributed by atoms with Crippen molar-refractivity contribution in [3.8, 4) is 11.6 Å². The fraction of sp³-hybridized carbons (Fsp3) is 0.500. The minimum absolute atomic E-state index is 0.411. The molecule has 17 heavy (non-hydrogen) atoms. The molecule has 1 atom stereocenters. The molecular formula is C10H15N5OS. The van der Waals surface area contributed by atoms with Gasteiger partial charge in [0.25, 0.3) is 5.89 Å². The molecule has 0 saturated carbocycles. The number of rotatable bonds is 5. The predicted molar refractivity (Wildman–Crippen MR) is 67.3 cm³/mol. The summed E-state index contributed by atoms with van der Waals surface area (Å²) in [5.41, 5.74) is 6.15. The van der Waals surface area contributed by atoms with Crippen LogP contribution in [-0.2, 0) is 5.75 Å². The summed E-state index contributed by atoms with van der Waals surface area (Å²) in [4.78, 5) is 4.27. The maximum Gasteiger partial charge on any atom is 0.276 e. The number of nitrogens with one attached hydrogen (secondary N) is 1. The van der Waals surface area contributed by atoms with Crippen LogP contribution in [0.15, 0.2) is 10.6 Å². The summed E-state index contributed by atoms with van der Waals surface area (Å²) in [7, 11) is 0. The Bertz CT molecular complexity index is 481. The third kappa shape index (κ3) is 3.00. The molecule has 7 heteroatoms. The van der Waals surface area contributed by atoms with Crippen molar-refractivity contribution in [2.45, 2.75) is 31.3 Å². The minimum atomic E-state index is 0.411. The Morgan fingerprint density at radius 2 is 2.41 bits per heavy atom. The van der Waals surface area contributed by atoms with Crippen LogP contribution in [-0.4, -0.2) is 25.6 Å². The van der Waals surface area contributed by atoms with Gasteiger partial charge in [0.2, 0.25) is 0 Å². The van der Waals surface area contributed by atoms with Gasteiger partial charge in [0.15, 0.2) is 5.82 Å². The summed E-state index contributed by atoms with van der Waals surface area (Å²) in [5, 5.41) is 11.1. The van der Waals surface area contributed by atoms with Gasteiger partial charge in [-0.3, -0.25) is 5.10 Å². The highest BCUT2D eigenvalue weighted by Gasteiger charge is 2.11. The van der Waals surface area contributed by atoms with Crippen molar-refractivity contribution in [3.05, 3.63) is 11.9 Å². The van der Waals surface area contributed by atoms with Crippen LogP contribution in [0.2, 0.25) is 0 Å². The van der Waals surface area contributed by atoms with Gasteiger partial charge in [-0.2, -0.15) is 21.8 Å². The van der Waals surface area contributed by atoms with E-state index in [0.29, 0.717) is 28.5 Å². The number of hydrogen-bond acceptors (Lipinski definition) is 6. The van der Waals surface area contributed by atoms with Crippen molar-refractivity contribution in [3.63, 3.8) is 0 Å². The highest BCUT2D eigenvalue weighted by molar-refractivity contribution is 7.99. The number of aromatic nitrogens is 4. The molecule has 0 aliphatic carbocycles. The number of nitrogen functional groups attached to an aromatic ring is 1. The Labute approximate surface area is 103 Å². The lowest BCUT2D eigenvalue weighted by Gasteiger charge is -2.04. The Morgan fingerprint density at radius 3 is 3.06 bits per heavy atom. The first-order valence-corrected chi connectivity index (χ1v) is 6.49. The van der Waals surface area contributed by atoms with E-state index in [9.17, 15) is 0 Å². The zero-order chi connectivity index (χ0) is 12.3. The van der Waals surface area contributed by atoms with Crippen LogP contribution in [0.1, 0.15) is 26.1 Å². The second kappa shape index (κ2) is 5.22. The van der Waals surface area contributed by atoms with E-state index >= 15 is 0 Å². The molecule has 6 nitrogen and oxygen atoms in total. The van der Waals surface area contributed by atoms with E-state index in [1.165, 1.54) is 0 Å². The number of nitrogens with two attached hydrogens (primary N) is 1. The van der Waals surface area contributed by atoms with E-state index in [-0.39, 0.29) is 0 Å². The fourth-order valence-corrected chi connectivity index (χ4v) is 1.99. The van der Waals surface area contributed by atoms with Gasteiger partial charge >= 0.3 is 0 Å². The molecule has 0 bridgehead atoms. The molecule has 2 aromatic rings. The molecule has 0 fully saturated rings. The van der Waals surface area contributed by atoms with Crippen molar-refractivity contribution in [2.75, 3.05) is 5.73 Å². The summed E-state index contributed by atoms with van der Waals surface area (Å²) in [6.45, 7) is 4.34. The lowest BCUT2D eigenvalue weighted by Crippen LogP contribution is -1.94. The molecule has 0 saturated heterocycles. The molecule has 3 N–H and O–H groups in total. The molecule has 0 radical (unpaired) electrons. The zero-order valence-corrected chi connectivity index (χ0v) is 10.6. The second-order valence-electron chi connectivity index (χ2n) is 3.75. The molecule has 0 aliphatic heterocycles. The molecule has 0 aliphatic rings. The fourth-order valence-electron chi connectivity index (χ4n) is 1.20. The number of thioether (sulfide) groups is 1. The van der Waals surface area contributed by atoms with Gasteiger partial charge in [0.05, 0.1) is 5.75 Å². The van der Waals surface area contributed by atoms with Crippen molar-refractivity contribution in [1.82, 2.24) is 20.3 Å². The van der Waals surface area contributed by atoms with Gasteiger partial charge < -0.3 is 10.3 Å². The van der Waals surface area contributed by atoms with Crippen LogP contribution in [0, 0.1) is 0 Å².